The van der Waals surface area contributed by atoms with Gasteiger partial charge in [-0.25, -0.2) is 0 Å². The molecule has 1 aliphatic rings. The second-order valence-electron chi connectivity index (χ2n) is 5.63. The number of likely N-dealkylation sites (tertiary alicyclic amines) is 1. The molecule has 1 heterocycles. The zero-order chi connectivity index (χ0) is 10.9. The Morgan fingerprint density at radius 1 is 1.36 bits per heavy atom. The second kappa shape index (κ2) is 4.19. The maximum absolute atomic E-state index is 9.87. The van der Waals surface area contributed by atoms with E-state index >= 15 is 0 Å². The number of aliphatic hydroxyl groups is 1. The van der Waals surface area contributed by atoms with Crippen LogP contribution in [0.3, 0.4) is 0 Å². The molecule has 0 saturated carbocycles. The summed E-state index contributed by atoms with van der Waals surface area (Å²) in [6.07, 6.45) is 1.99. The van der Waals surface area contributed by atoms with Crippen LogP contribution in [-0.4, -0.2) is 34.2 Å². The van der Waals surface area contributed by atoms with Gasteiger partial charge in [-0.1, -0.05) is 13.8 Å². The number of rotatable bonds is 3. The van der Waals surface area contributed by atoms with Crippen molar-refractivity contribution in [2.45, 2.75) is 65.1 Å². The molecule has 0 spiro atoms. The molecule has 1 saturated heterocycles. The molecule has 0 radical (unpaired) electrons. The minimum Gasteiger partial charge on any atom is -0.391 e. The summed E-state index contributed by atoms with van der Waals surface area (Å²) in [5.41, 5.74) is -0.0334. The maximum Gasteiger partial charge on any atom is 0.0730 e. The monoisotopic (exact) mass is 199 g/mol. The largest absolute Gasteiger partial charge is 0.391 e. The topological polar surface area (TPSA) is 23.5 Å². The fraction of sp³-hybridized carbons (Fsp3) is 1.00. The molecule has 1 rings (SSSR count). The van der Waals surface area contributed by atoms with Gasteiger partial charge in [0.2, 0.25) is 0 Å². The normalized spacial score (nSPS) is 29.8. The summed E-state index contributed by atoms with van der Waals surface area (Å²) in [4.78, 5) is 2.46. The van der Waals surface area contributed by atoms with Crippen molar-refractivity contribution in [2.75, 3.05) is 6.54 Å². The Morgan fingerprint density at radius 2 is 1.93 bits per heavy atom. The molecule has 14 heavy (non-hydrogen) atoms. The first-order valence-electron chi connectivity index (χ1n) is 5.80. The summed E-state index contributed by atoms with van der Waals surface area (Å²) < 4.78 is 0. The first-order valence-corrected chi connectivity index (χ1v) is 5.80. The molecule has 0 amide bonds. The summed E-state index contributed by atoms with van der Waals surface area (Å²) in [6.45, 7) is 12.1. The van der Waals surface area contributed by atoms with Gasteiger partial charge in [0.05, 0.1) is 6.10 Å². The van der Waals surface area contributed by atoms with Crippen molar-refractivity contribution in [3.63, 3.8) is 0 Å². The lowest BCUT2D eigenvalue weighted by Gasteiger charge is -2.38. The van der Waals surface area contributed by atoms with Crippen LogP contribution in [0.2, 0.25) is 0 Å². The van der Waals surface area contributed by atoms with Crippen LogP contribution in [0.5, 0.6) is 0 Å². The van der Waals surface area contributed by atoms with E-state index in [-0.39, 0.29) is 11.6 Å². The van der Waals surface area contributed by atoms with Crippen molar-refractivity contribution in [3.05, 3.63) is 0 Å². The SMILES string of the molecule is CC(C)CC(C)N1CCC(O)C1(C)C. The van der Waals surface area contributed by atoms with Gasteiger partial charge in [-0.3, -0.25) is 4.90 Å². The van der Waals surface area contributed by atoms with Crippen LogP contribution in [0.1, 0.15) is 47.5 Å². The molecule has 1 N–H and O–H groups in total. The van der Waals surface area contributed by atoms with E-state index in [0.717, 1.165) is 18.9 Å². The average Bonchev–Trinajstić information content (AvgIpc) is 2.26. The molecule has 0 aromatic rings. The van der Waals surface area contributed by atoms with Crippen LogP contribution in [0, 0.1) is 5.92 Å². The van der Waals surface area contributed by atoms with Gasteiger partial charge in [0, 0.05) is 18.1 Å². The third kappa shape index (κ3) is 2.29. The first kappa shape index (κ1) is 12.0. The van der Waals surface area contributed by atoms with E-state index < -0.39 is 0 Å². The molecule has 2 atom stereocenters. The first-order chi connectivity index (χ1) is 6.35. The van der Waals surface area contributed by atoms with E-state index in [1.807, 2.05) is 0 Å². The van der Waals surface area contributed by atoms with Crippen LogP contribution < -0.4 is 0 Å². The molecule has 2 unspecified atom stereocenters. The summed E-state index contributed by atoms with van der Waals surface area (Å²) >= 11 is 0. The molecule has 2 heteroatoms. The lowest BCUT2D eigenvalue weighted by atomic mass is 9.95. The second-order valence-corrected chi connectivity index (χ2v) is 5.63. The lowest BCUT2D eigenvalue weighted by molar-refractivity contribution is 0.0295. The van der Waals surface area contributed by atoms with Crippen LogP contribution in [0.15, 0.2) is 0 Å². The van der Waals surface area contributed by atoms with E-state index in [1.54, 1.807) is 0 Å². The Labute approximate surface area is 88.3 Å². The average molecular weight is 199 g/mol. The Bertz CT molecular complexity index is 189. The molecule has 1 fully saturated rings. The number of aliphatic hydroxyl groups excluding tert-OH is 1. The fourth-order valence-corrected chi connectivity index (χ4v) is 2.69. The highest BCUT2D eigenvalue weighted by molar-refractivity contribution is 4.97. The molecule has 0 aromatic heterocycles. The molecule has 0 aromatic carbocycles. The Hall–Kier alpha value is -0.0800. The minimum absolute atomic E-state index is 0.0334. The van der Waals surface area contributed by atoms with Gasteiger partial charge in [-0.15, -0.1) is 0 Å². The number of hydrogen-bond acceptors (Lipinski definition) is 2. The Morgan fingerprint density at radius 3 is 2.29 bits per heavy atom. The number of nitrogens with zero attached hydrogens (tertiary/aromatic N) is 1. The summed E-state index contributed by atoms with van der Waals surface area (Å²) in [5.74, 6) is 0.735. The molecular formula is C12H25NO. The smallest absolute Gasteiger partial charge is 0.0730 e. The van der Waals surface area contributed by atoms with E-state index in [1.165, 1.54) is 6.42 Å². The number of hydrogen-bond donors (Lipinski definition) is 1. The zero-order valence-electron chi connectivity index (χ0n) is 10.2. The zero-order valence-corrected chi connectivity index (χ0v) is 10.2. The van der Waals surface area contributed by atoms with Gasteiger partial charge in [-0.2, -0.15) is 0 Å². The standard InChI is InChI=1S/C12H25NO/c1-9(2)8-10(3)13-7-6-11(14)12(13,4)5/h9-11,14H,6-8H2,1-5H3. The fourth-order valence-electron chi connectivity index (χ4n) is 2.69. The highest BCUT2D eigenvalue weighted by atomic mass is 16.3. The summed E-state index contributed by atoms with van der Waals surface area (Å²) in [6, 6.07) is 0.585. The maximum atomic E-state index is 9.87. The third-order valence-corrected chi connectivity index (χ3v) is 3.54. The van der Waals surface area contributed by atoms with Crippen molar-refractivity contribution in [1.82, 2.24) is 4.90 Å². The van der Waals surface area contributed by atoms with Crippen molar-refractivity contribution in [2.24, 2.45) is 5.92 Å². The van der Waals surface area contributed by atoms with Crippen LogP contribution >= 0.6 is 0 Å². The predicted molar refractivity (Wildman–Crippen MR) is 60.3 cm³/mol. The van der Waals surface area contributed by atoms with Crippen LogP contribution in [-0.2, 0) is 0 Å². The van der Waals surface area contributed by atoms with E-state index in [9.17, 15) is 5.11 Å². The van der Waals surface area contributed by atoms with Crippen molar-refractivity contribution in [1.29, 1.82) is 0 Å². The van der Waals surface area contributed by atoms with Gasteiger partial charge in [0.25, 0.3) is 0 Å². The quantitative estimate of drug-likeness (QED) is 0.753. The molecule has 1 aliphatic heterocycles. The molecular weight excluding hydrogens is 174 g/mol. The lowest BCUT2D eigenvalue weighted by Crippen LogP contribution is -2.49. The van der Waals surface area contributed by atoms with Gasteiger partial charge >= 0.3 is 0 Å². The molecule has 84 valence electrons. The third-order valence-electron chi connectivity index (χ3n) is 3.54. The van der Waals surface area contributed by atoms with E-state index in [4.69, 9.17) is 0 Å². The molecule has 0 aliphatic carbocycles. The van der Waals surface area contributed by atoms with E-state index in [2.05, 4.69) is 39.5 Å². The molecule has 2 nitrogen and oxygen atoms in total. The summed E-state index contributed by atoms with van der Waals surface area (Å²) in [7, 11) is 0. The van der Waals surface area contributed by atoms with Crippen molar-refractivity contribution < 1.29 is 5.11 Å². The Balaban J connectivity index is 2.60. The molecule has 0 bridgehead atoms. The summed E-state index contributed by atoms with van der Waals surface area (Å²) in [5, 5.41) is 9.87. The van der Waals surface area contributed by atoms with E-state index in [0.29, 0.717) is 6.04 Å². The van der Waals surface area contributed by atoms with Gasteiger partial charge in [-0.05, 0) is 39.5 Å². The van der Waals surface area contributed by atoms with Crippen LogP contribution in [0.25, 0.3) is 0 Å². The van der Waals surface area contributed by atoms with Crippen molar-refractivity contribution in [3.8, 4) is 0 Å². The van der Waals surface area contributed by atoms with Gasteiger partial charge in [0.15, 0.2) is 0 Å². The van der Waals surface area contributed by atoms with Gasteiger partial charge < -0.3 is 5.11 Å². The minimum atomic E-state index is -0.155. The highest BCUT2D eigenvalue weighted by Crippen LogP contribution is 2.32. The Kier molecular flexibility index (Phi) is 3.59. The van der Waals surface area contributed by atoms with Crippen LogP contribution in [0.4, 0.5) is 0 Å². The van der Waals surface area contributed by atoms with Gasteiger partial charge in [0.1, 0.15) is 0 Å². The highest BCUT2D eigenvalue weighted by Gasteiger charge is 2.42. The van der Waals surface area contributed by atoms with Crippen molar-refractivity contribution >= 4 is 0 Å². The predicted octanol–water partition coefficient (Wildman–Crippen LogP) is 2.27.